The number of carboxylic acid groups (broad SMARTS) is 1. The number of nitro benzene ring substituents is 1. The number of carbonyl (C=O) groups is 2. The smallest absolute Gasteiger partial charge is 0.339 e. The molecular formula is C18H12N2O5S. The third-order valence-electron chi connectivity index (χ3n) is 3.66. The molecule has 26 heavy (non-hydrogen) atoms. The van der Waals surface area contributed by atoms with Gasteiger partial charge in [-0.25, -0.2) is 4.79 Å². The molecule has 0 aliphatic rings. The van der Waals surface area contributed by atoms with E-state index in [0.717, 1.165) is 16.9 Å². The number of carbonyl (C=O) groups excluding carboxylic acids is 1. The van der Waals surface area contributed by atoms with Crippen LogP contribution < -0.4 is 5.32 Å². The molecule has 2 aromatic carbocycles. The number of nitro groups is 1. The molecule has 130 valence electrons. The van der Waals surface area contributed by atoms with Gasteiger partial charge in [0.1, 0.15) is 10.6 Å². The Kier molecular flexibility index (Phi) is 4.76. The van der Waals surface area contributed by atoms with Gasteiger partial charge in [0, 0.05) is 28.6 Å². The third kappa shape index (κ3) is 3.45. The minimum absolute atomic E-state index is 0.0106. The molecule has 8 heteroatoms. The molecule has 1 heterocycles. The molecule has 0 radical (unpaired) electrons. The van der Waals surface area contributed by atoms with Gasteiger partial charge in [-0.1, -0.05) is 30.3 Å². The highest BCUT2D eigenvalue weighted by Crippen LogP contribution is 2.35. The van der Waals surface area contributed by atoms with Crippen molar-refractivity contribution in [3.8, 4) is 11.1 Å². The Labute approximate surface area is 151 Å². The van der Waals surface area contributed by atoms with Crippen LogP contribution in [0.2, 0.25) is 0 Å². The van der Waals surface area contributed by atoms with Crippen molar-refractivity contribution in [3.05, 3.63) is 81.2 Å². The van der Waals surface area contributed by atoms with Crippen molar-refractivity contribution in [2.75, 3.05) is 5.32 Å². The van der Waals surface area contributed by atoms with Crippen LogP contribution in [-0.4, -0.2) is 21.9 Å². The molecule has 3 rings (SSSR count). The first-order chi connectivity index (χ1) is 12.5. The molecule has 7 nitrogen and oxygen atoms in total. The molecule has 0 bridgehead atoms. The van der Waals surface area contributed by atoms with Crippen molar-refractivity contribution in [2.45, 2.75) is 0 Å². The van der Waals surface area contributed by atoms with Crippen LogP contribution in [0.3, 0.4) is 0 Å². The predicted molar refractivity (Wildman–Crippen MR) is 97.8 cm³/mol. The highest BCUT2D eigenvalue weighted by molar-refractivity contribution is 7.15. The maximum atomic E-state index is 12.3. The summed E-state index contributed by atoms with van der Waals surface area (Å²) in [5.41, 5.74) is 1.33. The van der Waals surface area contributed by atoms with Gasteiger partial charge >= 0.3 is 5.97 Å². The summed E-state index contributed by atoms with van der Waals surface area (Å²) in [5.74, 6) is -1.69. The van der Waals surface area contributed by atoms with Gasteiger partial charge in [0.05, 0.1) is 4.92 Å². The van der Waals surface area contributed by atoms with E-state index in [4.69, 9.17) is 0 Å². The normalized spacial score (nSPS) is 10.3. The van der Waals surface area contributed by atoms with E-state index in [-0.39, 0.29) is 21.8 Å². The molecule has 0 saturated heterocycles. The van der Waals surface area contributed by atoms with Gasteiger partial charge in [0.25, 0.3) is 11.6 Å². The number of rotatable bonds is 5. The van der Waals surface area contributed by atoms with E-state index in [1.807, 2.05) is 6.07 Å². The largest absolute Gasteiger partial charge is 0.478 e. The number of nitrogens with zero attached hydrogens (tertiary/aromatic N) is 1. The molecule has 1 aromatic heterocycles. The topological polar surface area (TPSA) is 110 Å². The maximum Gasteiger partial charge on any atom is 0.339 e. The summed E-state index contributed by atoms with van der Waals surface area (Å²) in [5, 5.41) is 24.7. The quantitative estimate of drug-likeness (QED) is 0.516. The fourth-order valence-electron chi connectivity index (χ4n) is 2.40. The third-order valence-corrected chi connectivity index (χ3v) is 4.55. The van der Waals surface area contributed by atoms with Crippen LogP contribution >= 0.6 is 11.3 Å². The molecule has 1 amide bonds. The van der Waals surface area contributed by atoms with E-state index in [0.29, 0.717) is 5.56 Å². The van der Waals surface area contributed by atoms with Gasteiger partial charge in [0.2, 0.25) is 0 Å². The van der Waals surface area contributed by atoms with E-state index in [1.54, 1.807) is 29.6 Å². The Morgan fingerprint density at radius 1 is 1.04 bits per heavy atom. The van der Waals surface area contributed by atoms with Crippen LogP contribution in [0, 0.1) is 10.1 Å². The lowest BCUT2D eigenvalue weighted by Gasteiger charge is -2.06. The summed E-state index contributed by atoms with van der Waals surface area (Å²) in [6.45, 7) is 0. The fourth-order valence-corrected chi connectivity index (χ4v) is 3.36. The summed E-state index contributed by atoms with van der Waals surface area (Å²) in [4.78, 5) is 34.2. The van der Waals surface area contributed by atoms with E-state index in [2.05, 4.69) is 5.32 Å². The minimum Gasteiger partial charge on any atom is -0.478 e. The zero-order valence-electron chi connectivity index (χ0n) is 13.2. The van der Waals surface area contributed by atoms with E-state index < -0.39 is 16.8 Å². The number of hydrogen-bond acceptors (Lipinski definition) is 5. The lowest BCUT2D eigenvalue weighted by atomic mass is 10.0. The van der Waals surface area contributed by atoms with Gasteiger partial charge in [0.15, 0.2) is 0 Å². The summed E-state index contributed by atoms with van der Waals surface area (Å²) in [6.07, 6.45) is 0. The second kappa shape index (κ2) is 7.16. The first kappa shape index (κ1) is 17.3. The van der Waals surface area contributed by atoms with Gasteiger partial charge < -0.3 is 10.4 Å². The highest BCUT2D eigenvalue weighted by atomic mass is 32.1. The monoisotopic (exact) mass is 368 g/mol. The molecule has 0 saturated carbocycles. The average Bonchev–Trinajstić information content (AvgIpc) is 3.06. The fraction of sp³-hybridized carbons (Fsp3) is 0. The van der Waals surface area contributed by atoms with Crippen LogP contribution in [0.4, 0.5) is 10.7 Å². The number of aromatic carboxylic acids is 1. The van der Waals surface area contributed by atoms with Crippen molar-refractivity contribution in [1.82, 2.24) is 0 Å². The number of anilines is 1. The zero-order chi connectivity index (χ0) is 18.7. The van der Waals surface area contributed by atoms with Crippen molar-refractivity contribution in [3.63, 3.8) is 0 Å². The molecule has 0 fully saturated rings. The van der Waals surface area contributed by atoms with Crippen LogP contribution in [0.25, 0.3) is 11.1 Å². The number of nitrogens with one attached hydrogen (secondary N) is 1. The molecular weight excluding hydrogens is 356 g/mol. The Morgan fingerprint density at radius 2 is 1.69 bits per heavy atom. The summed E-state index contributed by atoms with van der Waals surface area (Å²) in [7, 11) is 0. The van der Waals surface area contributed by atoms with Gasteiger partial charge in [-0.3, -0.25) is 14.9 Å². The summed E-state index contributed by atoms with van der Waals surface area (Å²) >= 11 is 1.11. The van der Waals surface area contributed by atoms with Crippen LogP contribution in [0.1, 0.15) is 20.7 Å². The van der Waals surface area contributed by atoms with Gasteiger partial charge in [-0.2, -0.15) is 0 Å². The number of non-ortho nitro benzene ring substituents is 1. The molecule has 3 aromatic rings. The first-order valence-electron chi connectivity index (χ1n) is 7.43. The minimum atomic E-state index is -1.15. The van der Waals surface area contributed by atoms with Crippen molar-refractivity contribution < 1.29 is 19.6 Å². The SMILES string of the molecule is O=C(Nc1scc(-c2ccccc2)c1C(=O)O)c1ccc([N+](=O)[O-])cc1. The second-order valence-corrected chi connectivity index (χ2v) is 6.16. The summed E-state index contributed by atoms with van der Waals surface area (Å²) < 4.78 is 0. The standard InChI is InChI=1S/C18H12N2O5S/c21-16(12-6-8-13(9-7-12)20(24)25)19-17-15(18(22)23)14(10-26-17)11-4-2-1-3-5-11/h1-10H,(H,19,21)(H,22,23). The van der Waals surface area contributed by atoms with Crippen molar-refractivity contribution in [2.24, 2.45) is 0 Å². The van der Waals surface area contributed by atoms with Crippen LogP contribution in [0.5, 0.6) is 0 Å². The van der Waals surface area contributed by atoms with E-state index in [1.165, 1.54) is 24.3 Å². The average molecular weight is 368 g/mol. The molecule has 0 aliphatic carbocycles. The Bertz CT molecular complexity index is 981. The number of benzene rings is 2. The predicted octanol–water partition coefficient (Wildman–Crippen LogP) is 4.27. The molecule has 2 N–H and O–H groups in total. The Hall–Kier alpha value is -3.52. The van der Waals surface area contributed by atoms with Crippen LogP contribution in [-0.2, 0) is 0 Å². The van der Waals surface area contributed by atoms with Crippen molar-refractivity contribution in [1.29, 1.82) is 0 Å². The number of carboxylic acids is 1. The van der Waals surface area contributed by atoms with Crippen LogP contribution in [0.15, 0.2) is 60.0 Å². The molecule has 0 spiro atoms. The first-order valence-corrected chi connectivity index (χ1v) is 8.31. The summed E-state index contributed by atoms with van der Waals surface area (Å²) in [6, 6.07) is 14.1. The molecule has 0 aliphatic heterocycles. The Balaban J connectivity index is 1.90. The second-order valence-electron chi connectivity index (χ2n) is 5.28. The van der Waals surface area contributed by atoms with E-state index >= 15 is 0 Å². The van der Waals surface area contributed by atoms with E-state index in [9.17, 15) is 24.8 Å². The zero-order valence-corrected chi connectivity index (χ0v) is 14.0. The lowest BCUT2D eigenvalue weighted by Crippen LogP contribution is -2.13. The lowest BCUT2D eigenvalue weighted by molar-refractivity contribution is -0.384. The number of thiophene rings is 1. The molecule has 0 unspecified atom stereocenters. The highest BCUT2D eigenvalue weighted by Gasteiger charge is 2.21. The Morgan fingerprint density at radius 3 is 2.27 bits per heavy atom. The molecule has 0 atom stereocenters. The van der Waals surface area contributed by atoms with Crippen molar-refractivity contribution >= 4 is 33.9 Å². The number of hydrogen-bond donors (Lipinski definition) is 2. The number of amides is 1. The van der Waals surface area contributed by atoms with Gasteiger partial charge in [-0.05, 0) is 17.7 Å². The van der Waals surface area contributed by atoms with Gasteiger partial charge in [-0.15, -0.1) is 11.3 Å². The maximum absolute atomic E-state index is 12.3.